The lowest BCUT2D eigenvalue weighted by atomic mass is 10.1. The van der Waals surface area contributed by atoms with E-state index in [4.69, 9.17) is 10.9 Å². The van der Waals surface area contributed by atoms with E-state index in [9.17, 15) is 8.42 Å². The highest BCUT2D eigenvalue weighted by Crippen LogP contribution is 2.26. The van der Waals surface area contributed by atoms with Crippen LogP contribution in [0.1, 0.15) is 0 Å². The molecule has 0 radical (unpaired) electrons. The van der Waals surface area contributed by atoms with Crippen LogP contribution in [-0.4, -0.2) is 18.4 Å². The molecule has 0 fully saturated rings. The van der Waals surface area contributed by atoms with Crippen molar-refractivity contribution in [1.29, 1.82) is 0 Å². The van der Waals surface area contributed by atoms with Crippen LogP contribution < -0.4 is 10.9 Å². The summed E-state index contributed by atoms with van der Waals surface area (Å²) >= 11 is 0. The summed E-state index contributed by atoms with van der Waals surface area (Å²) in [5.41, 5.74) is 7.29. The Balaban J connectivity index is 2.63. The monoisotopic (exact) mass is 238 g/mol. The van der Waals surface area contributed by atoms with Gasteiger partial charge < -0.3 is 10.7 Å². The van der Waals surface area contributed by atoms with Gasteiger partial charge in [-0.3, -0.25) is 0 Å². The summed E-state index contributed by atoms with van der Waals surface area (Å²) in [4.78, 5) is 6.78. The van der Waals surface area contributed by atoms with Gasteiger partial charge in [-0.2, -0.15) is 0 Å². The van der Waals surface area contributed by atoms with Crippen LogP contribution in [0.5, 0.6) is 0 Å². The quantitative estimate of drug-likeness (QED) is 0.653. The molecule has 5 N–H and O–H groups in total. The maximum atomic E-state index is 11.2. The minimum atomic E-state index is -3.73. The SMILES string of the molecule is Nc1ccc(S(N)(=O)=O)cc1-c1c[nH]cn1. The van der Waals surface area contributed by atoms with Crippen molar-refractivity contribution in [2.24, 2.45) is 5.14 Å². The Kier molecular flexibility index (Phi) is 2.41. The summed E-state index contributed by atoms with van der Waals surface area (Å²) < 4.78 is 22.3. The van der Waals surface area contributed by atoms with Crippen LogP contribution in [0.2, 0.25) is 0 Å². The molecule has 0 unspecified atom stereocenters. The molecule has 16 heavy (non-hydrogen) atoms. The Labute approximate surface area is 92.4 Å². The number of primary sulfonamides is 1. The molecule has 0 atom stereocenters. The normalized spacial score (nSPS) is 11.6. The minimum absolute atomic E-state index is 0.0136. The van der Waals surface area contributed by atoms with Gasteiger partial charge >= 0.3 is 0 Å². The van der Waals surface area contributed by atoms with Crippen molar-refractivity contribution < 1.29 is 8.42 Å². The topological polar surface area (TPSA) is 115 Å². The number of nitrogens with two attached hydrogens (primary N) is 2. The van der Waals surface area contributed by atoms with Crippen LogP contribution in [0.25, 0.3) is 11.3 Å². The molecule has 6 nitrogen and oxygen atoms in total. The molecular formula is C9H10N4O2S. The minimum Gasteiger partial charge on any atom is -0.398 e. The summed E-state index contributed by atoms with van der Waals surface area (Å²) in [6, 6.07) is 4.26. The van der Waals surface area contributed by atoms with Gasteiger partial charge in [0.15, 0.2) is 0 Å². The Morgan fingerprint density at radius 2 is 2.06 bits per heavy atom. The number of aromatic nitrogens is 2. The maximum Gasteiger partial charge on any atom is 0.238 e. The lowest BCUT2D eigenvalue weighted by molar-refractivity contribution is 0.598. The molecule has 0 saturated heterocycles. The van der Waals surface area contributed by atoms with E-state index < -0.39 is 10.0 Å². The van der Waals surface area contributed by atoms with Crippen molar-refractivity contribution >= 4 is 15.7 Å². The standard InChI is InChI=1S/C9H10N4O2S/c10-8-2-1-6(16(11,14)15)3-7(8)9-4-12-5-13-9/h1-5H,10H2,(H,12,13)(H2,11,14,15). The van der Waals surface area contributed by atoms with Crippen molar-refractivity contribution in [3.05, 3.63) is 30.7 Å². The van der Waals surface area contributed by atoms with E-state index in [0.29, 0.717) is 16.9 Å². The zero-order valence-corrected chi connectivity index (χ0v) is 9.03. The van der Waals surface area contributed by atoms with E-state index >= 15 is 0 Å². The molecule has 0 aliphatic rings. The molecule has 1 heterocycles. The third kappa shape index (κ3) is 1.90. The largest absolute Gasteiger partial charge is 0.398 e. The molecule has 0 aliphatic heterocycles. The summed E-state index contributed by atoms with van der Waals surface area (Å²) in [6.45, 7) is 0. The summed E-state index contributed by atoms with van der Waals surface area (Å²) in [7, 11) is -3.73. The number of imidazole rings is 1. The number of aromatic amines is 1. The molecule has 0 spiro atoms. The lowest BCUT2D eigenvalue weighted by Crippen LogP contribution is -2.12. The number of sulfonamides is 1. The average molecular weight is 238 g/mol. The van der Waals surface area contributed by atoms with Crippen molar-refractivity contribution in [2.45, 2.75) is 4.90 Å². The first-order valence-electron chi connectivity index (χ1n) is 4.40. The van der Waals surface area contributed by atoms with E-state index in [2.05, 4.69) is 9.97 Å². The van der Waals surface area contributed by atoms with Gasteiger partial charge in [-0.05, 0) is 18.2 Å². The number of nitrogen functional groups attached to an aromatic ring is 1. The maximum absolute atomic E-state index is 11.2. The summed E-state index contributed by atoms with van der Waals surface area (Å²) in [5, 5.41) is 5.03. The number of hydrogen-bond acceptors (Lipinski definition) is 4. The van der Waals surface area contributed by atoms with Gasteiger partial charge in [-0.25, -0.2) is 18.5 Å². The second-order valence-corrected chi connectivity index (χ2v) is 4.81. The second-order valence-electron chi connectivity index (χ2n) is 3.25. The van der Waals surface area contributed by atoms with Crippen LogP contribution in [0, 0.1) is 0 Å². The zero-order valence-electron chi connectivity index (χ0n) is 8.21. The Morgan fingerprint density at radius 3 is 2.62 bits per heavy atom. The number of benzene rings is 1. The summed E-state index contributed by atoms with van der Waals surface area (Å²) in [6.07, 6.45) is 3.11. The Bertz CT molecular complexity index is 604. The lowest BCUT2D eigenvalue weighted by Gasteiger charge is -2.04. The van der Waals surface area contributed by atoms with Gasteiger partial charge in [0.25, 0.3) is 0 Å². The smallest absolute Gasteiger partial charge is 0.238 e. The molecule has 1 aromatic heterocycles. The Morgan fingerprint density at radius 1 is 1.31 bits per heavy atom. The van der Waals surface area contributed by atoms with Gasteiger partial charge in [0.05, 0.1) is 16.9 Å². The molecule has 84 valence electrons. The molecule has 7 heteroatoms. The fourth-order valence-electron chi connectivity index (χ4n) is 1.34. The molecule has 1 aromatic carbocycles. The predicted molar refractivity (Wildman–Crippen MR) is 59.8 cm³/mol. The summed E-state index contributed by atoms with van der Waals surface area (Å²) in [5.74, 6) is 0. The number of hydrogen-bond donors (Lipinski definition) is 3. The van der Waals surface area contributed by atoms with Crippen LogP contribution in [0.4, 0.5) is 5.69 Å². The fourth-order valence-corrected chi connectivity index (χ4v) is 1.88. The van der Waals surface area contributed by atoms with Gasteiger partial charge in [0, 0.05) is 17.4 Å². The molecule has 0 amide bonds. The van der Waals surface area contributed by atoms with Crippen molar-refractivity contribution in [1.82, 2.24) is 9.97 Å². The van der Waals surface area contributed by atoms with Crippen molar-refractivity contribution in [3.63, 3.8) is 0 Å². The van der Waals surface area contributed by atoms with Crippen molar-refractivity contribution in [2.75, 3.05) is 5.73 Å². The second kappa shape index (κ2) is 3.62. The molecule has 0 saturated carbocycles. The predicted octanol–water partition coefficient (Wildman–Crippen LogP) is 0.306. The fraction of sp³-hybridized carbons (Fsp3) is 0. The third-order valence-corrected chi connectivity index (χ3v) is 3.04. The third-order valence-electron chi connectivity index (χ3n) is 2.13. The van der Waals surface area contributed by atoms with Crippen LogP contribution in [0.3, 0.4) is 0 Å². The highest BCUT2D eigenvalue weighted by atomic mass is 32.2. The number of nitrogens with one attached hydrogen (secondary N) is 1. The molecule has 2 aromatic rings. The molecular weight excluding hydrogens is 228 g/mol. The van der Waals surface area contributed by atoms with Gasteiger partial charge in [0.1, 0.15) is 0 Å². The number of H-pyrrole nitrogens is 1. The first-order chi connectivity index (χ1) is 7.48. The molecule has 0 bridgehead atoms. The first-order valence-corrected chi connectivity index (χ1v) is 5.94. The van der Waals surface area contributed by atoms with Gasteiger partial charge in [0.2, 0.25) is 10.0 Å². The molecule has 2 rings (SSSR count). The van der Waals surface area contributed by atoms with Crippen molar-refractivity contribution in [3.8, 4) is 11.3 Å². The van der Waals surface area contributed by atoms with E-state index in [1.165, 1.54) is 24.5 Å². The zero-order chi connectivity index (χ0) is 11.8. The first kappa shape index (κ1) is 10.7. The van der Waals surface area contributed by atoms with E-state index in [0.717, 1.165) is 0 Å². The van der Waals surface area contributed by atoms with E-state index in [1.54, 1.807) is 6.20 Å². The molecule has 0 aliphatic carbocycles. The Hall–Kier alpha value is -1.86. The number of anilines is 1. The number of nitrogens with zero attached hydrogens (tertiary/aromatic N) is 1. The van der Waals surface area contributed by atoms with E-state index in [1.807, 2.05) is 0 Å². The van der Waals surface area contributed by atoms with Gasteiger partial charge in [-0.1, -0.05) is 0 Å². The van der Waals surface area contributed by atoms with Crippen LogP contribution >= 0.6 is 0 Å². The van der Waals surface area contributed by atoms with Crippen LogP contribution in [0.15, 0.2) is 35.6 Å². The van der Waals surface area contributed by atoms with Crippen LogP contribution in [-0.2, 0) is 10.0 Å². The highest BCUT2D eigenvalue weighted by molar-refractivity contribution is 7.89. The van der Waals surface area contributed by atoms with Gasteiger partial charge in [-0.15, -0.1) is 0 Å². The number of rotatable bonds is 2. The highest BCUT2D eigenvalue weighted by Gasteiger charge is 2.12. The van der Waals surface area contributed by atoms with E-state index in [-0.39, 0.29) is 4.90 Å². The average Bonchev–Trinajstić information content (AvgIpc) is 2.69.